The number of carbonyl (C=O) groups excluding carboxylic acids is 2. The van der Waals surface area contributed by atoms with E-state index in [0.717, 1.165) is 0 Å². The van der Waals surface area contributed by atoms with Crippen LogP contribution in [0.3, 0.4) is 0 Å². The number of rotatable bonds is 4. The van der Waals surface area contributed by atoms with E-state index in [1.165, 1.54) is 11.0 Å². The van der Waals surface area contributed by atoms with Crippen LogP contribution < -0.4 is 15.1 Å². The Morgan fingerprint density at radius 2 is 1.96 bits per heavy atom. The molecule has 128 valence electrons. The van der Waals surface area contributed by atoms with Crippen molar-refractivity contribution in [3.8, 4) is 5.75 Å². The van der Waals surface area contributed by atoms with Gasteiger partial charge in [-0.25, -0.2) is 9.82 Å². The average Bonchev–Trinajstić information content (AvgIpc) is 2.62. The molecule has 2 aromatic carbocycles. The molecule has 0 spiro atoms. The molecule has 7 heteroatoms. The summed E-state index contributed by atoms with van der Waals surface area (Å²) >= 11 is 0. The molecule has 0 fully saturated rings. The van der Waals surface area contributed by atoms with Crippen molar-refractivity contribution >= 4 is 23.2 Å². The standard InChI is InChI=1S/C18H16FN3O3/c1-12(13-6-2-3-7-14(13)19)20-21-17(23)10-22-15-8-4-5-9-16(15)25-11-18(22)24/h2-9H,10-11H2,1H3,(H,21,23)/b20-12-. The second-order valence-corrected chi connectivity index (χ2v) is 5.45. The zero-order valence-corrected chi connectivity index (χ0v) is 13.5. The Kier molecular flexibility index (Phi) is 4.74. The van der Waals surface area contributed by atoms with Crippen molar-refractivity contribution in [2.24, 2.45) is 5.10 Å². The summed E-state index contributed by atoms with van der Waals surface area (Å²) in [6.45, 7) is 1.27. The fourth-order valence-corrected chi connectivity index (χ4v) is 2.47. The summed E-state index contributed by atoms with van der Waals surface area (Å²) in [5, 5.41) is 3.91. The van der Waals surface area contributed by atoms with Gasteiger partial charge in [0.25, 0.3) is 11.8 Å². The van der Waals surface area contributed by atoms with Crippen LogP contribution in [0, 0.1) is 5.82 Å². The molecule has 0 saturated carbocycles. The summed E-state index contributed by atoms with van der Waals surface area (Å²) in [4.78, 5) is 25.5. The Morgan fingerprint density at radius 1 is 1.24 bits per heavy atom. The molecule has 2 aromatic rings. The molecule has 1 aliphatic rings. The predicted octanol–water partition coefficient (Wildman–Crippen LogP) is 2.09. The lowest BCUT2D eigenvalue weighted by Gasteiger charge is -2.28. The van der Waals surface area contributed by atoms with Crippen LogP contribution in [0.2, 0.25) is 0 Å². The van der Waals surface area contributed by atoms with Gasteiger partial charge in [-0.2, -0.15) is 5.10 Å². The minimum absolute atomic E-state index is 0.123. The van der Waals surface area contributed by atoms with Crippen LogP contribution >= 0.6 is 0 Å². The highest BCUT2D eigenvalue weighted by Gasteiger charge is 2.26. The van der Waals surface area contributed by atoms with Gasteiger partial charge in [-0.3, -0.25) is 14.5 Å². The summed E-state index contributed by atoms with van der Waals surface area (Å²) in [6, 6.07) is 13.1. The number of hydrogen-bond acceptors (Lipinski definition) is 4. The van der Waals surface area contributed by atoms with Crippen LogP contribution in [0.5, 0.6) is 5.75 Å². The zero-order chi connectivity index (χ0) is 17.8. The van der Waals surface area contributed by atoms with Gasteiger partial charge in [0.2, 0.25) is 0 Å². The van der Waals surface area contributed by atoms with Crippen molar-refractivity contribution in [3.63, 3.8) is 0 Å². The van der Waals surface area contributed by atoms with Gasteiger partial charge in [-0.15, -0.1) is 0 Å². The quantitative estimate of drug-likeness (QED) is 0.684. The number of nitrogens with zero attached hydrogens (tertiary/aromatic N) is 2. The Balaban J connectivity index is 1.70. The van der Waals surface area contributed by atoms with Crippen molar-refractivity contribution < 1.29 is 18.7 Å². The molecule has 0 aromatic heterocycles. The van der Waals surface area contributed by atoms with E-state index < -0.39 is 11.7 Å². The number of para-hydroxylation sites is 2. The van der Waals surface area contributed by atoms with Gasteiger partial charge in [-0.1, -0.05) is 30.3 Å². The minimum Gasteiger partial charge on any atom is -0.482 e. The Morgan fingerprint density at radius 3 is 2.76 bits per heavy atom. The van der Waals surface area contributed by atoms with E-state index in [4.69, 9.17) is 4.74 Å². The third kappa shape index (κ3) is 3.65. The number of ether oxygens (including phenoxy) is 1. The lowest BCUT2D eigenvalue weighted by atomic mass is 10.1. The molecular formula is C18H16FN3O3. The fourth-order valence-electron chi connectivity index (χ4n) is 2.47. The lowest BCUT2D eigenvalue weighted by molar-refractivity contribution is -0.125. The summed E-state index contributed by atoms with van der Waals surface area (Å²) in [5.74, 6) is -0.680. The molecule has 2 amide bonds. The molecule has 6 nitrogen and oxygen atoms in total. The number of hydrogen-bond donors (Lipinski definition) is 1. The van der Waals surface area contributed by atoms with Gasteiger partial charge in [0.1, 0.15) is 18.1 Å². The smallest absolute Gasteiger partial charge is 0.265 e. The third-order valence-electron chi connectivity index (χ3n) is 3.72. The van der Waals surface area contributed by atoms with E-state index >= 15 is 0 Å². The van der Waals surface area contributed by atoms with Crippen LogP contribution in [-0.4, -0.2) is 30.7 Å². The SMILES string of the molecule is C/C(=N/NC(=O)CN1C(=O)COc2ccccc21)c1ccccc1F. The Hall–Kier alpha value is -3.22. The van der Waals surface area contributed by atoms with Crippen LogP contribution in [0.15, 0.2) is 53.6 Å². The number of carbonyl (C=O) groups is 2. The second-order valence-electron chi connectivity index (χ2n) is 5.45. The van der Waals surface area contributed by atoms with Crippen LogP contribution in [-0.2, 0) is 9.59 Å². The maximum absolute atomic E-state index is 13.7. The van der Waals surface area contributed by atoms with E-state index in [0.29, 0.717) is 22.7 Å². The normalized spacial score (nSPS) is 13.9. The number of hydrazone groups is 1. The highest BCUT2D eigenvalue weighted by molar-refractivity contribution is 6.03. The van der Waals surface area contributed by atoms with Crippen molar-refractivity contribution in [1.29, 1.82) is 0 Å². The highest BCUT2D eigenvalue weighted by atomic mass is 19.1. The lowest BCUT2D eigenvalue weighted by Crippen LogP contribution is -2.44. The van der Waals surface area contributed by atoms with Gasteiger partial charge < -0.3 is 4.74 Å². The fraction of sp³-hybridized carbons (Fsp3) is 0.167. The van der Waals surface area contributed by atoms with E-state index in [1.54, 1.807) is 49.4 Å². The number of anilines is 1. The molecule has 0 saturated heterocycles. The first-order valence-electron chi connectivity index (χ1n) is 7.66. The molecule has 1 aliphatic heterocycles. The molecule has 0 aliphatic carbocycles. The van der Waals surface area contributed by atoms with Crippen LogP contribution in [0.1, 0.15) is 12.5 Å². The van der Waals surface area contributed by atoms with Gasteiger partial charge in [0.05, 0.1) is 11.4 Å². The van der Waals surface area contributed by atoms with Crippen molar-refractivity contribution in [3.05, 3.63) is 59.9 Å². The van der Waals surface area contributed by atoms with E-state index in [1.807, 2.05) is 0 Å². The zero-order valence-electron chi connectivity index (χ0n) is 13.5. The Labute approximate surface area is 143 Å². The molecule has 1 N–H and O–H groups in total. The molecule has 0 atom stereocenters. The largest absolute Gasteiger partial charge is 0.482 e. The molecular weight excluding hydrogens is 325 g/mol. The first-order valence-corrected chi connectivity index (χ1v) is 7.66. The van der Waals surface area contributed by atoms with Gasteiger partial charge in [-0.05, 0) is 25.1 Å². The van der Waals surface area contributed by atoms with E-state index in [-0.39, 0.29) is 19.1 Å². The number of amides is 2. The summed E-state index contributed by atoms with van der Waals surface area (Å²) in [7, 11) is 0. The third-order valence-corrected chi connectivity index (χ3v) is 3.72. The number of halogens is 1. The van der Waals surface area contributed by atoms with E-state index in [9.17, 15) is 14.0 Å². The van der Waals surface area contributed by atoms with Crippen molar-refractivity contribution in [2.75, 3.05) is 18.1 Å². The molecule has 3 rings (SSSR count). The number of nitrogens with one attached hydrogen (secondary N) is 1. The summed E-state index contributed by atoms with van der Waals surface area (Å²) < 4.78 is 19.0. The van der Waals surface area contributed by atoms with Crippen molar-refractivity contribution in [1.82, 2.24) is 5.43 Å². The summed E-state index contributed by atoms with van der Waals surface area (Å²) in [6.07, 6.45) is 0. The highest BCUT2D eigenvalue weighted by Crippen LogP contribution is 2.31. The number of benzene rings is 2. The molecule has 0 unspecified atom stereocenters. The van der Waals surface area contributed by atoms with Gasteiger partial charge >= 0.3 is 0 Å². The predicted molar refractivity (Wildman–Crippen MR) is 91.0 cm³/mol. The van der Waals surface area contributed by atoms with Crippen LogP contribution in [0.25, 0.3) is 0 Å². The molecule has 0 bridgehead atoms. The van der Waals surface area contributed by atoms with Crippen molar-refractivity contribution in [2.45, 2.75) is 6.92 Å². The first kappa shape index (κ1) is 16.6. The Bertz CT molecular complexity index is 851. The molecule has 1 heterocycles. The second kappa shape index (κ2) is 7.12. The topological polar surface area (TPSA) is 71.0 Å². The first-order chi connectivity index (χ1) is 12.1. The summed E-state index contributed by atoms with van der Waals surface area (Å²) in [5.41, 5.74) is 3.52. The molecule has 25 heavy (non-hydrogen) atoms. The number of fused-ring (bicyclic) bond motifs is 1. The van der Waals surface area contributed by atoms with Gasteiger partial charge in [0.15, 0.2) is 6.61 Å². The van der Waals surface area contributed by atoms with Gasteiger partial charge in [0, 0.05) is 5.56 Å². The average molecular weight is 341 g/mol. The molecule has 0 radical (unpaired) electrons. The van der Waals surface area contributed by atoms with Crippen LogP contribution in [0.4, 0.5) is 10.1 Å². The van der Waals surface area contributed by atoms with E-state index in [2.05, 4.69) is 10.5 Å². The maximum atomic E-state index is 13.7. The maximum Gasteiger partial charge on any atom is 0.265 e. The monoisotopic (exact) mass is 341 g/mol. The minimum atomic E-state index is -0.485.